The van der Waals surface area contributed by atoms with Crippen LogP contribution in [0, 0.1) is 30.1 Å². The molecule has 3 rings (SSSR count). The molecule has 2 aliphatic rings. The molecule has 128 valence electrons. The molecule has 1 aromatic carbocycles. The summed E-state index contributed by atoms with van der Waals surface area (Å²) in [6.45, 7) is 9.80. The van der Waals surface area contributed by atoms with Gasteiger partial charge >= 0.3 is 0 Å². The van der Waals surface area contributed by atoms with Gasteiger partial charge in [0.1, 0.15) is 0 Å². The van der Waals surface area contributed by atoms with Crippen molar-refractivity contribution in [1.82, 2.24) is 0 Å². The van der Waals surface area contributed by atoms with Gasteiger partial charge in [0.15, 0.2) is 0 Å². The Hall–Kier alpha value is -0.780. The van der Waals surface area contributed by atoms with Crippen molar-refractivity contribution in [2.24, 2.45) is 23.2 Å². The maximum absolute atomic E-state index is 2.59. The van der Waals surface area contributed by atoms with Crippen LogP contribution in [0.15, 0.2) is 24.3 Å². The van der Waals surface area contributed by atoms with Crippen LogP contribution >= 0.6 is 0 Å². The van der Waals surface area contributed by atoms with Gasteiger partial charge in [-0.1, -0.05) is 63.4 Å². The third kappa shape index (κ3) is 3.83. The van der Waals surface area contributed by atoms with Crippen LogP contribution in [0.25, 0.3) is 0 Å². The maximum Gasteiger partial charge on any atom is -0.0162 e. The number of aryl methyl sites for hydroxylation is 1. The molecule has 2 saturated carbocycles. The van der Waals surface area contributed by atoms with Crippen molar-refractivity contribution in [2.45, 2.75) is 85.0 Å². The van der Waals surface area contributed by atoms with Crippen LogP contribution in [0.4, 0.5) is 0 Å². The van der Waals surface area contributed by atoms with Gasteiger partial charge in [0.25, 0.3) is 0 Å². The Morgan fingerprint density at radius 3 is 1.74 bits per heavy atom. The highest BCUT2D eigenvalue weighted by molar-refractivity contribution is 5.24. The number of rotatable bonds is 3. The normalized spacial score (nSPS) is 32.7. The largest absolute Gasteiger partial charge is 0.0625 e. The average molecular weight is 313 g/mol. The molecule has 0 amide bonds. The summed E-state index contributed by atoms with van der Waals surface area (Å²) in [5, 5.41) is 0. The van der Waals surface area contributed by atoms with E-state index in [0.29, 0.717) is 5.41 Å². The summed E-state index contributed by atoms with van der Waals surface area (Å²) < 4.78 is 0. The molecule has 0 unspecified atom stereocenters. The maximum atomic E-state index is 2.59. The zero-order valence-electron chi connectivity index (χ0n) is 15.8. The van der Waals surface area contributed by atoms with Crippen LogP contribution in [0.1, 0.15) is 89.2 Å². The van der Waals surface area contributed by atoms with E-state index in [4.69, 9.17) is 0 Å². The smallest absolute Gasteiger partial charge is 0.0162 e. The number of hydrogen-bond donors (Lipinski definition) is 0. The topological polar surface area (TPSA) is 0 Å². The lowest BCUT2D eigenvalue weighted by atomic mass is 9.59. The highest BCUT2D eigenvalue weighted by atomic mass is 14.4. The third-order valence-electron chi connectivity index (χ3n) is 7.40. The predicted molar refractivity (Wildman–Crippen MR) is 101 cm³/mol. The van der Waals surface area contributed by atoms with E-state index in [-0.39, 0.29) is 0 Å². The Morgan fingerprint density at radius 2 is 1.22 bits per heavy atom. The summed E-state index contributed by atoms with van der Waals surface area (Å²) >= 11 is 0. The Labute approximate surface area is 144 Å². The number of benzene rings is 1. The van der Waals surface area contributed by atoms with E-state index >= 15 is 0 Å². The van der Waals surface area contributed by atoms with Gasteiger partial charge in [-0.2, -0.15) is 0 Å². The first-order chi connectivity index (χ1) is 11.0. The van der Waals surface area contributed by atoms with Crippen molar-refractivity contribution < 1.29 is 0 Å². The van der Waals surface area contributed by atoms with Crippen molar-refractivity contribution >= 4 is 0 Å². The molecular weight excluding hydrogens is 276 g/mol. The summed E-state index contributed by atoms with van der Waals surface area (Å²) in [6.07, 6.45) is 11.6. The van der Waals surface area contributed by atoms with Gasteiger partial charge in [0, 0.05) is 0 Å². The zero-order valence-corrected chi connectivity index (χ0v) is 15.8. The SMILES string of the molecule is Cc1ccc(C2CCC(C(C)(C)C3CCC(C)CC3)CC2)cc1. The zero-order chi connectivity index (χ0) is 16.4. The molecule has 0 saturated heterocycles. The second-order valence-corrected chi connectivity index (χ2v) is 9.24. The summed E-state index contributed by atoms with van der Waals surface area (Å²) in [6, 6.07) is 9.31. The minimum absolute atomic E-state index is 0.554. The molecule has 0 aromatic heterocycles. The molecule has 0 spiro atoms. The van der Waals surface area contributed by atoms with Gasteiger partial charge in [-0.3, -0.25) is 0 Å². The first-order valence-corrected chi connectivity index (χ1v) is 10.0. The van der Waals surface area contributed by atoms with Crippen LogP contribution in [0.3, 0.4) is 0 Å². The molecule has 2 aliphatic carbocycles. The van der Waals surface area contributed by atoms with E-state index in [1.54, 1.807) is 5.56 Å². The van der Waals surface area contributed by atoms with E-state index in [1.807, 2.05) is 0 Å². The fourth-order valence-electron chi connectivity index (χ4n) is 5.35. The van der Waals surface area contributed by atoms with Crippen LogP contribution in [0.5, 0.6) is 0 Å². The minimum atomic E-state index is 0.554. The highest BCUT2D eigenvalue weighted by Gasteiger charge is 2.40. The Morgan fingerprint density at radius 1 is 0.739 bits per heavy atom. The van der Waals surface area contributed by atoms with Crippen LogP contribution in [0.2, 0.25) is 0 Å². The quantitative estimate of drug-likeness (QED) is 0.557. The monoisotopic (exact) mass is 312 g/mol. The summed E-state index contributed by atoms with van der Waals surface area (Å²) in [7, 11) is 0. The summed E-state index contributed by atoms with van der Waals surface area (Å²) in [5.74, 6) is 3.70. The molecule has 1 aromatic rings. The van der Waals surface area contributed by atoms with Gasteiger partial charge in [0.2, 0.25) is 0 Å². The first-order valence-electron chi connectivity index (χ1n) is 10.0. The van der Waals surface area contributed by atoms with E-state index in [1.165, 1.54) is 56.9 Å². The Kier molecular flexibility index (Phi) is 5.19. The molecule has 2 fully saturated rings. The molecule has 0 heteroatoms. The fraction of sp³-hybridized carbons (Fsp3) is 0.739. The van der Waals surface area contributed by atoms with Crippen molar-refractivity contribution in [2.75, 3.05) is 0 Å². The molecule has 0 N–H and O–H groups in total. The standard InChI is InChI=1S/C23H36/c1-17-5-9-19(10-6-17)20-11-15-22(16-12-20)23(3,4)21-13-7-18(2)8-14-21/h5-6,9-10,18,20-22H,7-8,11-16H2,1-4H3. The molecule has 0 heterocycles. The molecule has 0 atom stereocenters. The Balaban J connectivity index is 1.58. The molecule has 0 radical (unpaired) electrons. The van der Waals surface area contributed by atoms with E-state index < -0.39 is 0 Å². The fourth-order valence-corrected chi connectivity index (χ4v) is 5.35. The van der Waals surface area contributed by atoms with Gasteiger partial charge in [-0.15, -0.1) is 0 Å². The van der Waals surface area contributed by atoms with Gasteiger partial charge in [-0.25, -0.2) is 0 Å². The second-order valence-electron chi connectivity index (χ2n) is 9.24. The Bertz CT molecular complexity index is 479. The summed E-state index contributed by atoms with van der Waals surface area (Å²) in [5.41, 5.74) is 3.52. The van der Waals surface area contributed by atoms with Gasteiger partial charge in [-0.05, 0) is 80.1 Å². The molecular formula is C23H36. The van der Waals surface area contributed by atoms with Crippen LogP contribution < -0.4 is 0 Å². The second kappa shape index (κ2) is 6.99. The van der Waals surface area contributed by atoms with E-state index in [0.717, 1.165) is 23.7 Å². The van der Waals surface area contributed by atoms with Crippen LogP contribution in [-0.4, -0.2) is 0 Å². The average Bonchev–Trinajstić information content (AvgIpc) is 2.56. The molecule has 23 heavy (non-hydrogen) atoms. The van der Waals surface area contributed by atoms with Crippen molar-refractivity contribution in [3.05, 3.63) is 35.4 Å². The lowest BCUT2D eigenvalue weighted by Gasteiger charge is -2.46. The minimum Gasteiger partial charge on any atom is -0.0625 e. The van der Waals surface area contributed by atoms with Crippen molar-refractivity contribution in [3.63, 3.8) is 0 Å². The first kappa shape index (κ1) is 17.1. The molecule has 0 nitrogen and oxygen atoms in total. The lowest BCUT2D eigenvalue weighted by molar-refractivity contribution is 0.0466. The van der Waals surface area contributed by atoms with Gasteiger partial charge < -0.3 is 0 Å². The van der Waals surface area contributed by atoms with Gasteiger partial charge in [0.05, 0.1) is 0 Å². The van der Waals surface area contributed by atoms with Crippen molar-refractivity contribution in [3.8, 4) is 0 Å². The molecule has 0 bridgehead atoms. The summed E-state index contributed by atoms with van der Waals surface area (Å²) in [4.78, 5) is 0. The molecule has 0 aliphatic heterocycles. The third-order valence-corrected chi connectivity index (χ3v) is 7.40. The van der Waals surface area contributed by atoms with E-state index in [9.17, 15) is 0 Å². The highest BCUT2D eigenvalue weighted by Crippen LogP contribution is 2.50. The van der Waals surface area contributed by atoms with Crippen LogP contribution in [-0.2, 0) is 0 Å². The van der Waals surface area contributed by atoms with Crippen molar-refractivity contribution in [1.29, 1.82) is 0 Å². The predicted octanol–water partition coefficient (Wildman–Crippen LogP) is 7.12. The van der Waals surface area contributed by atoms with E-state index in [2.05, 4.69) is 52.0 Å². The lowest BCUT2D eigenvalue weighted by Crippen LogP contribution is -2.36. The number of hydrogen-bond acceptors (Lipinski definition) is 0.